The molecule has 0 atom stereocenters. The minimum absolute atomic E-state index is 0.124. The second-order valence-corrected chi connectivity index (χ2v) is 7.45. The number of nitrogens with zero attached hydrogens (tertiary/aromatic N) is 5. The monoisotopic (exact) mass is 437 g/mol. The van der Waals surface area contributed by atoms with Gasteiger partial charge in [0, 0.05) is 26.0 Å². The standard InChI is InChI=1S/C20H19ClF3N5O/c1-12(2)18-15(19(30)28(3)11-13-4-6-16(21)25-8-13)10-27-29(18)17-7-5-14(9-26-17)20(22,23)24/h4-10,12H,11H2,1-3H3. The molecule has 10 heteroatoms. The molecule has 0 fully saturated rings. The van der Waals surface area contributed by atoms with Gasteiger partial charge in [-0.1, -0.05) is 31.5 Å². The van der Waals surface area contributed by atoms with Gasteiger partial charge < -0.3 is 4.90 Å². The summed E-state index contributed by atoms with van der Waals surface area (Å²) in [5.74, 6) is -0.191. The van der Waals surface area contributed by atoms with Crippen LogP contribution < -0.4 is 0 Å². The SMILES string of the molecule is CC(C)c1c(C(=O)N(C)Cc2ccc(Cl)nc2)cnn1-c1ccc(C(F)(F)F)cn1. The quantitative estimate of drug-likeness (QED) is 0.541. The molecule has 3 rings (SSSR count). The summed E-state index contributed by atoms with van der Waals surface area (Å²) in [7, 11) is 1.65. The average molecular weight is 438 g/mol. The summed E-state index contributed by atoms with van der Waals surface area (Å²) < 4.78 is 39.8. The van der Waals surface area contributed by atoms with Crippen LogP contribution in [-0.4, -0.2) is 37.6 Å². The van der Waals surface area contributed by atoms with Crippen molar-refractivity contribution in [1.29, 1.82) is 0 Å². The number of hydrogen-bond acceptors (Lipinski definition) is 4. The predicted octanol–water partition coefficient (Wildman–Crippen LogP) is 4.73. The van der Waals surface area contributed by atoms with Crippen LogP contribution in [0, 0.1) is 0 Å². The van der Waals surface area contributed by atoms with E-state index in [9.17, 15) is 18.0 Å². The Morgan fingerprint density at radius 2 is 1.87 bits per heavy atom. The van der Waals surface area contributed by atoms with E-state index in [2.05, 4.69) is 15.1 Å². The van der Waals surface area contributed by atoms with Gasteiger partial charge in [-0.15, -0.1) is 0 Å². The third-order valence-corrected chi connectivity index (χ3v) is 4.65. The number of pyridine rings is 2. The summed E-state index contributed by atoms with van der Waals surface area (Å²) in [5, 5.41) is 4.58. The normalized spacial score (nSPS) is 11.7. The Morgan fingerprint density at radius 3 is 2.40 bits per heavy atom. The van der Waals surface area contributed by atoms with Crippen LogP contribution in [0.1, 0.15) is 46.9 Å². The molecular weight excluding hydrogens is 419 g/mol. The van der Waals surface area contributed by atoms with Crippen molar-refractivity contribution in [3.05, 3.63) is 70.4 Å². The number of aromatic nitrogens is 4. The Hall–Kier alpha value is -2.94. The molecule has 0 spiro atoms. The lowest BCUT2D eigenvalue weighted by Crippen LogP contribution is -2.27. The summed E-state index contributed by atoms with van der Waals surface area (Å²) in [6, 6.07) is 5.59. The zero-order valence-corrected chi connectivity index (χ0v) is 17.2. The minimum atomic E-state index is -4.48. The first-order valence-corrected chi connectivity index (χ1v) is 9.43. The topological polar surface area (TPSA) is 63.9 Å². The molecule has 30 heavy (non-hydrogen) atoms. The van der Waals surface area contributed by atoms with Gasteiger partial charge in [0.1, 0.15) is 5.15 Å². The van der Waals surface area contributed by atoms with Gasteiger partial charge in [0.05, 0.1) is 23.0 Å². The van der Waals surface area contributed by atoms with E-state index in [0.29, 0.717) is 23.0 Å². The molecule has 1 amide bonds. The van der Waals surface area contributed by atoms with Crippen LogP contribution in [0.15, 0.2) is 42.9 Å². The Bertz CT molecular complexity index is 1030. The van der Waals surface area contributed by atoms with Gasteiger partial charge in [-0.05, 0) is 29.7 Å². The van der Waals surface area contributed by atoms with Crippen molar-refractivity contribution < 1.29 is 18.0 Å². The Morgan fingerprint density at radius 1 is 1.13 bits per heavy atom. The third kappa shape index (κ3) is 4.62. The zero-order valence-electron chi connectivity index (χ0n) is 16.5. The van der Waals surface area contributed by atoms with E-state index >= 15 is 0 Å². The highest BCUT2D eigenvalue weighted by Gasteiger charge is 2.31. The van der Waals surface area contributed by atoms with Crippen molar-refractivity contribution in [3.63, 3.8) is 0 Å². The van der Waals surface area contributed by atoms with Gasteiger partial charge >= 0.3 is 6.18 Å². The first kappa shape index (κ1) is 21.8. The molecule has 0 saturated carbocycles. The van der Waals surface area contributed by atoms with E-state index in [1.165, 1.54) is 21.8 Å². The number of amides is 1. The maximum Gasteiger partial charge on any atom is 0.417 e. The molecule has 0 aliphatic rings. The van der Waals surface area contributed by atoms with Crippen molar-refractivity contribution in [2.75, 3.05) is 7.05 Å². The zero-order chi connectivity index (χ0) is 22.1. The Kier molecular flexibility index (Phi) is 6.12. The summed E-state index contributed by atoms with van der Waals surface area (Å²) in [5.41, 5.74) is 0.875. The molecule has 0 N–H and O–H groups in total. The molecule has 158 valence electrons. The summed E-state index contributed by atoms with van der Waals surface area (Å²) in [6.45, 7) is 4.05. The molecular formula is C20H19ClF3N5O. The third-order valence-electron chi connectivity index (χ3n) is 4.43. The fourth-order valence-corrected chi connectivity index (χ4v) is 3.10. The first-order chi connectivity index (χ1) is 14.1. The van der Waals surface area contributed by atoms with Crippen LogP contribution in [0.3, 0.4) is 0 Å². The number of carbonyl (C=O) groups excluding carboxylic acids is 1. The van der Waals surface area contributed by atoms with Gasteiger partial charge in [-0.25, -0.2) is 14.6 Å². The molecule has 6 nitrogen and oxygen atoms in total. The molecule has 0 bridgehead atoms. The molecule has 3 aromatic rings. The average Bonchev–Trinajstić information content (AvgIpc) is 3.14. The fourth-order valence-electron chi connectivity index (χ4n) is 2.99. The molecule has 3 heterocycles. The highest BCUT2D eigenvalue weighted by molar-refractivity contribution is 6.29. The van der Waals surface area contributed by atoms with Crippen molar-refractivity contribution in [2.45, 2.75) is 32.5 Å². The van der Waals surface area contributed by atoms with Gasteiger partial charge in [0.25, 0.3) is 5.91 Å². The summed E-state index contributed by atoms with van der Waals surface area (Å²) in [4.78, 5) is 22.4. The van der Waals surface area contributed by atoms with Gasteiger partial charge in [-0.3, -0.25) is 4.79 Å². The number of halogens is 4. The number of hydrogen-bond donors (Lipinski definition) is 0. The second kappa shape index (κ2) is 8.43. The molecule has 3 aromatic heterocycles. The molecule has 0 aliphatic carbocycles. The van der Waals surface area contributed by atoms with Crippen LogP contribution in [0.25, 0.3) is 5.82 Å². The van der Waals surface area contributed by atoms with Crippen molar-refractivity contribution >= 4 is 17.5 Å². The van der Waals surface area contributed by atoms with Crippen LogP contribution in [0.5, 0.6) is 0 Å². The van der Waals surface area contributed by atoms with E-state index < -0.39 is 11.7 Å². The maximum absolute atomic E-state index is 13.0. The van der Waals surface area contributed by atoms with E-state index in [-0.39, 0.29) is 17.6 Å². The Labute approximate surface area is 176 Å². The summed E-state index contributed by atoms with van der Waals surface area (Å²) >= 11 is 5.79. The number of rotatable bonds is 5. The molecule has 0 aromatic carbocycles. The lowest BCUT2D eigenvalue weighted by molar-refractivity contribution is -0.137. The molecule has 0 saturated heterocycles. The van der Waals surface area contributed by atoms with Crippen LogP contribution in [0.4, 0.5) is 13.2 Å². The molecule has 0 radical (unpaired) electrons. The summed E-state index contributed by atoms with van der Waals surface area (Å²) in [6.07, 6.45) is -0.724. The van der Waals surface area contributed by atoms with E-state index in [0.717, 1.165) is 17.8 Å². The van der Waals surface area contributed by atoms with Gasteiger partial charge in [0.15, 0.2) is 5.82 Å². The molecule has 0 unspecified atom stereocenters. The Balaban J connectivity index is 1.90. The highest BCUT2D eigenvalue weighted by Crippen LogP contribution is 2.29. The highest BCUT2D eigenvalue weighted by atomic mass is 35.5. The lowest BCUT2D eigenvalue weighted by Gasteiger charge is -2.19. The lowest BCUT2D eigenvalue weighted by atomic mass is 10.0. The van der Waals surface area contributed by atoms with Crippen LogP contribution in [0.2, 0.25) is 5.15 Å². The fraction of sp³-hybridized carbons (Fsp3) is 0.300. The molecule has 0 aliphatic heterocycles. The van der Waals surface area contributed by atoms with Crippen molar-refractivity contribution in [2.24, 2.45) is 0 Å². The van der Waals surface area contributed by atoms with E-state index in [1.807, 2.05) is 13.8 Å². The second-order valence-electron chi connectivity index (χ2n) is 7.06. The number of alkyl halides is 3. The largest absolute Gasteiger partial charge is 0.417 e. The van der Waals surface area contributed by atoms with E-state index in [1.54, 1.807) is 25.4 Å². The van der Waals surface area contributed by atoms with Gasteiger partial charge in [0.2, 0.25) is 0 Å². The van der Waals surface area contributed by atoms with Crippen molar-refractivity contribution in [3.8, 4) is 5.82 Å². The van der Waals surface area contributed by atoms with E-state index in [4.69, 9.17) is 11.6 Å². The maximum atomic E-state index is 13.0. The van der Waals surface area contributed by atoms with Gasteiger partial charge in [-0.2, -0.15) is 18.3 Å². The number of carbonyl (C=O) groups is 1. The van der Waals surface area contributed by atoms with Crippen LogP contribution in [-0.2, 0) is 12.7 Å². The minimum Gasteiger partial charge on any atom is -0.337 e. The van der Waals surface area contributed by atoms with Crippen molar-refractivity contribution in [1.82, 2.24) is 24.6 Å². The smallest absolute Gasteiger partial charge is 0.337 e. The predicted molar refractivity (Wildman–Crippen MR) is 105 cm³/mol. The first-order valence-electron chi connectivity index (χ1n) is 9.05. The van der Waals surface area contributed by atoms with Crippen LogP contribution >= 0.6 is 11.6 Å².